The summed E-state index contributed by atoms with van der Waals surface area (Å²) >= 11 is 0. The van der Waals surface area contributed by atoms with Crippen LogP contribution in [0.1, 0.15) is 12.0 Å². The van der Waals surface area contributed by atoms with Gasteiger partial charge in [0.05, 0.1) is 25.7 Å². The van der Waals surface area contributed by atoms with Gasteiger partial charge in [-0.15, -0.1) is 0 Å². The molecule has 0 saturated carbocycles. The lowest BCUT2D eigenvalue weighted by Crippen LogP contribution is -2.49. The van der Waals surface area contributed by atoms with Crippen LogP contribution in [0.25, 0.3) is 0 Å². The molecule has 1 aliphatic rings. The zero-order chi connectivity index (χ0) is 15.9. The summed E-state index contributed by atoms with van der Waals surface area (Å²) in [5.74, 6) is -0.712. The molecule has 0 unspecified atom stereocenters. The predicted octanol–water partition coefficient (Wildman–Crippen LogP) is 1.83. The Labute approximate surface area is 129 Å². The van der Waals surface area contributed by atoms with Gasteiger partial charge in [-0.3, -0.25) is 4.79 Å². The SMILES string of the molecule is COC(=O)[C@H]1C[C@@H](OC)CN(C(=O)OCc2ccccc2)C1. The zero-order valence-electron chi connectivity index (χ0n) is 12.9. The number of ether oxygens (including phenoxy) is 3. The Balaban J connectivity index is 1.93. The van der Waals surface area contributed by atoms with Crippen LogP contribution in [0, 0.1) is 5.92 Å². The maximum absolute atomic E-state index is 12.2. The number of nitrogens with zero attached hydrogens (tertiary/aromatic N) is 1. The van der Waals surface area contributed by atoms with Crippen molar-refractivity contribution in [1.29, 1.82) is 0 Å². The van der Waals surface area contributed by atoms with Gasteiger partial charge < -0.3 is 19.1 Å². The van der Waals surface area contributed by atoms with E-state index in [0.29, 0.717) is 19.5 Å². The van der Waals surface area contributed by atoms with E-state index in [9.17, 15) is 9.59 Å². The summed E-state index contributed by atoms with van der Waals surface area (Å²) in [6, 6.07) is 9.45. The van der Waals surface area contributed by atoms with E-state index >= 15 is 0 Å². The fraction of sp³-hybridized carbons (Fsp3) is 0.500. The van der Waals surface area contributed by atoms with Gasteiger partial charge in [-0.25, -0.2) is 4.79 Å². The van der Waals surface area contributed by atoms with Crippen LogP contribution >= 0.6 is 0 Å². The minimum atomic E-state index is -0.445. The number of carbonyl (C=O) groups excluding carboxylic acids is 2. The summed E-state index contributed by atoms with van der Waals surface area (Å²) in [4.78, 5) is 25.4. The summed E-state index contributed by atoms with van der Waals surface area (Å²) in [6.07, 6.45) is -0.0901. The molecule has 0 aromatic heterocycles. The topological polar surface area (TPSA) is 65.1 Å². The number of hydrogen-bond donors (Lipinski definition) is 0. The minimum absolute atomic E-state index is 0.192. The molecule has 1 aromatic carbocycles. The van der Waals surface area contributed by atoms with Crippen LogP contribution in [0.5, 0.6) is 0 Å². The molecule has 1 saturated heterocycles. The summed E-state index contributed by atoms with van der Waals surface area (Å²) < 4.78 is 15.4. The van der Waals surface area contributed by atoms with E-state index in [0.717, 1.165) is 5.56 Å². The first-order chi connectivity index (χ1) is 10.6. The van der Waals surface area contributed by atoms with Crippen LogP contribution in [0.15, 0.2) is 30.3 Å². The van der Waals surface area contributed by atoms with Crippen LogP contribution in [0.4, 0.5) is 4.79 Å². The Hall–Kier alpha value is -2.08. The molecule has 0 aliphatic carbocycles. The predicted molar refractivity (Wildman–Crippen MR) is 79.1 cm³/mol. The van der Waals surface area contributed by atoms with Crippen molar-refractivity contribution in [2.24, 2.45) is 5.92 Å². The number of esters is 1. The van der Waals surface area contributed by atoms with Crippen LogP contribution in [-0.4, -0.2) is 50.4 Å². The molecule has 1 aliphatic heterocycles. The molecular weight excluding hydrogens is 286 g/mol. The number of piperidine rings is 1. The molecule has 22 heavy (non-hydrogen) atoms. The number of carbonyl (C=O) groups is 2. The monoisotopic (exact) mass is 307 g/mol. The molecule has 1 fully saturated rings. The van der Waals surface area contributed by atoms with Crippen LogP contribution in [0.2, 0.25) is 0 Å². The van der Waals surface area contributed by atoms with Gasteiger partial charge in [0.1, 0.15) is 6.61 Å². The van der Waals surface area contributed by atoms with Crippen LogP contribution in [-0.2, 0) is 25.6 Å². The molecule has 0 bridgehead atoms. The van der Waals surface area contributed by atoms with E-state index in [1.807, 2.05) is 30.3 Å². The molecule has 0 N–H and O–H groups in total. The third-order valence-corrected chi connectivity index (χ3v) is 3.74. The Morgan fingerprint density at radius 2 is 1.91 bits per heavy atom. The van der Waals surface area contributed by atoms with Crippen molar-refractivity contribution in [3.8, 4) is 0 Å². The standard InChI is InChI=1S/C16H21NO5/c1-20-14-8-13(15(18)21-2)9-17(10-14)16(19)22-11-12-6-4-3-5-7-12/h3-7,13-14H,8-11H2,1-2H3/t13-,14+/m0/s1. The summed E-state index contributed by atoms with van der Waals surface area (Å²) in [7, 11) is 2.91. The van der Waals surface area contributed by atoms with Gasteiger partial charge in [-0.05, 0) is 12.0 Å². The number of amides is 1. The summed E-state index contributed by atoms with van der Waals surface area (Å²) in [5, 5.41) is 0. The number of methoxy groups -OCH3 is 2. The molecule has 2 rings (SSSR count). The van der Waals surface area contributed by atoms with Gasteiger partial charge >= 0.3 is 12.1 Å². The van der Waals surface area contributed by atoms with E-state index in [1.165, 1.54) is 12.0 Å². The molecule has 6 heteroatoms. The fourth-order valence-electron chi connectivity index (χ4n) is 2.52. The molecular formula is C16H21NO5. The second kappa shape index (κ2) is 7.79. The van der Waals surface area contributed by atoms with Gasteiger partial charge in [0, 0.05) is 13.7 Å². The first-order valence-electron chi connectivity index (χ1n) is 7.20. The molecule has 1 amide bonds. The van der Waals surface area contributed by atoms with Gasteiger partial charge in [-0.1, -0.05) is 30.3 Å². The average molecular weight is 307 g/mol. The largest absolute Gasteiger partial charge is 0.469 e. The van der Waals surface area contributed by atoms with Crippen molar-refractivity contribution >= 4 is 12.1 Å². The Kier molecular flexibility index (Phi) is 5.77. The molecule has 1 heterocycles. The third kappa shape index (κ3) is 4.21. The highest BCUT2D eigenvalue weighted by Crippen LogP contribution is 2.21. The molecule has 2 atom stereocenters. The maximum Gasteiger partial charge on any atom is 0.410 e. The Morgan fingerprint density at radius 3 is 2.55 bits per heavy atom. The Morgan fingerprint density at radius 1 is 1.18 bits per heavy atom. The van der Waals surface area contributed by atoms with Crippen molar-refractivity contribution in [2.45, 2.75) is 19.1 Å². The molecule has 6 nitrogen and oxygen atoms in total. The minimum Gasteiger partial charge on any atom is -0.469 e. The zero-order valence-corrected chi connectivity index (χ0v) is 12.9. The number of rotatable bonds is 4. The highest BCUT2D eigenvalue weighted by atomic mass is 16.6. The van der Waals surface area contributed by atoms with Crippen molar-refractivity contribution in [3.63, 3.8) is 0 Å². The lowest BCUT2D eigenvalue weighted by atomic mass is 9.96. The fourth-order valence-corrected chi connectivity index (χ4v) is 2.52. The van der Waals surface area contributed by atoms with E-state index in [2.05, 4.69) is 0 Å². The van der Waals surface area contributed by atoms with Gasteiger partial charge in [0.15, 0.2) is 0 Å². The van der Waals surface area contributed by atoms with Crippen molar-refractivity contribution in [1.82, 2.24) is 4.90 Å². The van der Waals surface area contributed by atoms with E-state index in [4.69, 9.17) is 14.2 Å². The molecule has 120 valence electrons. The van der Waals surface area contributed by atoms with Crippen LogP contribution < -0.4 is 0 Å². The van der Waals surface area contributed by atoms with Crippen LogP contribution in [0.3, 0.4) is 0 Å². The van der Waals surface area contributed by atoms with Crippen molar-refractivity contribution in [3.05, 3.63) is 35.9 Å². The second-order valence-corrected chi connectivity index (χ2v) is 5.26. The maximum atomic E-state index is 12.2. The van der Waals surface area contributed by atoms with E-state index < -0.39 is 6.09 Å². The quantitative estimate of drug-likeness (QED) is 0.794. The number of hydrogen-bond acceptors (Lipinski definition) is 5. The summed E-state index contributed by atoms with van der Waals surface area (Å²) in [6.45, 7) is 0.911. The van der Waals surface area contributed by atoms with Gasteiger partial charge in [-0.2, -0.15) is 0 Å². The lowest BCUT2D eigenvalue weighted by Gasteiger charge is -2.35. The number of likely N-dealkylation sites (tertiary alicyclic amines) is 1. The first kappa shape index (κ1) is 16.3. The average Bonchev–Trinajstić information content (AvgIpc) is 2.59. The van der Waals surface area contributed by atoms with Crippen molar-refractivity contribution < 1.29 is 23.8 Å². The van der Waals surface area contributed by atoms with E-state index in [1.54, 1.807) is 7.11 Å². The Bertz CT molecular complexity index is 505. The normalized spacial score (nSPS) is 21.3. The van der Waals surface area contributed by atoms with Gasteiger partial charge in [0.25, 0.3) is 0 Å². The summed E-state index contributed by atoms with van der Waals surface area (Å²) in [5.41, 5.74) is 0.917. The second-order valence-electron chi connectivity index (χ2n) is 5.26. The first-order valence-corrected chi connectivity index (χ1v) is 7.20. The molecule has 1 aromatic rings. The highest BCUT2D eigenvalue weighted by molar-refractivity contribution is 5.75. The third-order valence-electron chi connectivity index (χ3n) is 3.74. The molecule has 0 radical (unpaired) electrons. The lowest BCUT2D eigenvalue weighted by molar-refractivity contribution is -0.149. The molecule has 0 spiro atoms. The number of benzene rings is 1. The van der Waals surface area contributed by atoms with Crippen molar-refractivity contribution in [2.75, 3.05) is 27.3 Å². The van der Waals surface area contributed by atoms with Gasteiger partial charge in [0.2, 0.25) is 0 Å². The smallest absolute Gasteiger partial charge is 0.410 e. The highest BCUT2D eigenvalue weighted by Gasteiger charge is 2.35. The van der Waals surface area contributed by atoms with E-state index in [-0.39, 0.29) is 24.6 Å².